The quantitative estimate of drug-likeness (QED) is 0.511. The minimum absolute atomic E-state index is 0.0287. The number of hydrogen-bond donors (Lipinski definition) is 0. The van der Waals surface area contributed by atoms with Crippen LogP contribution in [0.3, 0.4) is 0 Å². The number of benzene rings is 1. The van der Waals surface area contributed by atoms with Gasteiger partial charge in [0.25, 0.3) is 0 Å². The number of terminal acetylenes is 2. The molecule has 70 valence electrons. The second kappa shape index (κ2) is 4.67. The lowest BCUT2D eigenvalue weighted by molar-refractivity contribution is 0.250. The fourth-order valence-electron chi connectivity index (χ4n) is 1.32. The molecule has 0 heterocycles. The first-order valence-electron chi connectivity index (χ1n) is 4.33. The van der Waals surface area contributed by atoms with Crippen LogP contribution in [0.2, 0.25) is 0 Å². The molecule has 0 saturated heterocycles. The summed E-state index contributed by atoms with van der Waals surface area (Å²) in [4.78, 5) is 0. The van der Waals surface area contributed by atoms with Crippen LogP contribution in [-0.4, -0.2) is 10.5 Å². The molecule has 1 aromatic rings. The smallest absolute Gasteiger partial charge is 0.146 e. The van der Waals surface area contributed by atoms with Crippen LogP contribution >= 0.6 is 0 Å². The Labute approximate surface area is 88.0 Å². The van der Waals surface area contributed by atoms with Crippen LogP contribution in [0, 0.1) is 24.7 Å². The third-order valence-electron chi connectivity index (χ3n) is 2.19. The van der Waals surface area contributed by atoms with E-state index in [4.69, 9.17) is 17.3 Å². The van der Waals surface area contributed by atoms with Gasteiger partial charge in [-0.2, -0.15) is 0 Å². The molecule has 1 aromatic carbocycles. The standard InChI is InChI=1S/C12H12OSi/c1-4-10-7-6-8-12(9(3)13-14)11(10)5-2/h1-2,6-9H,3,14H3. The van der Waals surface area contributed by atoms with E-state index in [-0.39, 0.29) is 6.10 Å². The fourth-order valence-corrected chi connectivity index (χ4v) is 1.57. The van der Waals surface area contributed by atoms with E-state index >= 15 is 0 Å². The van der Waals surface area contributed by atoms with Crippen LogP contribution in [0.5, 0.6) is 0 Å². The molecule has 0 N–H and O–H groups in total. The van der Waals surface area contributed by atoms with Crippen molar-refractivity contribution in [2.45, 2.75) is 13.0 Å². The summed E-state index contributed by atoms with van der Waals surface area (Å²) >= 11 is 0. The molecule has 0 aromatic heterocycles. The van der Waals surface area contributed by atoms with E-state index in [0.29, 0.717) is 10.5 Å². The van der Waals surface area contributed by atoms with Gasteiger partial charge >= 0.3 is 0 Å². The topological polar surface area (TPSA) is 9.23 Å². The van der Waals surface area contributed by atoms with Gasteiger partial charge in [-0.3, -0.25) is 0 Å². The average Bonchev–Trinajstić information content (AvgIpc) is 2.26. The van der Waals surface area contributed by atoms with E-state index in [1.807, 2.05) is 25.1 Å². The first-order chi connectivity index (χ1) is 6.74. The molecule has 1 unspecified atom stereocenters. The third-order valence-corrected chi connectivity index (χ3v) is 2.90. The highest BCUT2D eigenvalue weighted by atomic mass is 28.2. The molecule has 0 aliphatic carbocycles. The Balaban J connectivity index is 3.33. The van der Waals surface area contributed by atoms with Gasteiger partial charge in [0.05, 0.1) is 6.10 Å². The fraction of sp³-hybridized carbons (Fsp3) is 0.167. The second-order valence-electron chi connectivity index (χ2n) is 2.94. The Morgan fingerprint density at radius 1 is 1.36 bits per heavy atom. The zero-order chi connectivity index (χ0) is 10.6. The van der Waals surface area contributed by atoms with Crippen LogP contribution in [0.1, 0.15) is 29.7 Å². The van der Waals surface area contributed by atoms with Crippen LogP contribution < -0.4 is 0 Å². The molecule has 0 bridgehead atoms. The second-order valence-corrected chi connectivity index (χ2v) is 3.41. The minimum atomic E-state index is 0.0287. The van der Waals surface area contributed by atoms with Crippen LogP contribution in [0.25, 0.3) is 0 Å². The monoisotopic (exact) mass is 200 g/mol. The van der Waals surface area contributed by atoms with Crippen molar-refractivity contribution in [2.24, 2.45) is 0 Å². The summed E-state index contributed by atoms with van der Waals surface area (Å²) in [5.41, 5.74) is 2.53. The minimum Gasteiger partial charge on any atom is -0.421 e. The van der Waals surface area contributed by atoms with Crippen molar-refractivity contribution in [1.29, 1.82) is 0 Å². The van der Waals surface area contributed by atoms with Crippen LogP contribution in [0.15, 0.2) is 18.2 Å². The van der Waals surface area contributed by atoms with Gasteiger partial charge in [-0.15, -0.1) is 12.8 Å². The molecule has 1 rings (SSSR count). The summed E-state index contributed by atoms with van der Waals surface area (Å²) in [7, 11) is 0.687. The van der Waals surface area contributed by atoms with E-state index in [2.05, 4.69) is 11.8 Å². The summed E-state index contributed by atoms with van der Waals surface area (Å²) in [5.74, 6) is 5.20. The maximum Gasteiger partial charge on any atom is 0.146 e. The molecule has 0 spiro atoms. The molecule has 1 atom stereocenters. The van der Waals surface area contributed by atoms with Gasteiger partial charge < -0.3 is 4.43 Å². The molecule has 2 heteroatoms. The summed E-state index contributed by atoms with van der Waals surface area (Å²) < 4.78 is 5.35. The lowest BCUT2D eigenvalue weighted by Crippen LogP contribution is -2.01. The van der Waals surface area contributed by atoms with Crippen molar-refractivity contribution in [1.82, 2.24) is 0 Å². The van der Waals surface area contributed by atoms with Gasteiger partial charge in [-0.25, -0.2) is 0 Å². The molecule has 0 fully saturated rings. The summed E-state index contributed by atoms with van der Waals surface area (Å²) in [5, 5.41) is 0. The normalized spacial score (nSPS) is 11.6. The molecular weight excluding hydrogens is 188 g/mol. The van der Waals surface area contributed by atoms with E-state index in [1.54, 1.807) is 0 Å². The Bertz CT molecular complexity index is 409. The van der Waals surface area contributed by atoms with Gasteiger partial charge in [0.15, 0.2) is 0 Å². The highest BCUT2D eigenvalue weighted by Crippen LogP contribution is 2.22. The van der Waals surface area contributed by atoms with Crippen molar-refractivity contribution < 1.29 is 4.43 Å². The van der Waals surface area contributed by atoms with Crippen molar-refractivity contribution in [3.8, 4) is 24.7 Å². The third kappa shape index (κ3) is 1.88. The predicted octanol–water partition coefficient (Wildman–Crippen LogP) is 1.01. The zero-order valence-electron chi connectivity index (χ0n) is 8.37. The van der Waals surface area contributed by atoms with Crippen molar-refractivity contribution in [3.63, 3.8) is 0 Å². The van der Waals surface area contributed by atoms with Gasteiger partial charge in [0, 0.05) is 11.1 Å². The molecule has 0 radical (unpaired) electrons. The van der Waals surface area contributed by atoms with E-state index in [1.165, 1.54) is 0 Å². The number of hydrogen-bond acceptors (Lipinski definition) is 1. The SMILES string of the molecule is C#Cc1cccc(C(C)O[SiH3])c1C#C. The summed E-state index contributed by atoms with van der Waals surface area (Å²) in [6.07, 6.45) is 10.8. The Morgan fingerprint density at radius 3 is 2.57 bits per heavy atom. The molecule has 0 amide bonds. The van der Waals surface area contributed by atoms with E-state index in [9.17, 15) is 0 Å². The Kier molecular flexibility index (Phi) is 3.53. The molecule has 0 aliphatic rings. The van der Waals surface area contributed by atoms with Crippen molar-refractivity contribution in [3.05, 3.63) is 34.9 Å². The average molecular weight is 200 g/mol. The largest absolute Gasteiger partial charge is 0.421 e. The van der Waals surface area contributed by atoms with Gasteiger partial charge in [-0.1, -0.05) is 24.0 Å². The van der Waals surface area contributed by atoms with Crippen molar-refractivity contribution in [2.75, 3.05) is 0 Å². The van der Waals surface area contributed by atoms with E-state index in [0.717, 1.165) is 16.7 Å². The maximum atomic E-state index is 5.43. The maximum absolute atomic E-state index is 5.43. The molecular formula is C12H12OSi. The lowest BCUT2D eigenvalue weighted by Gasteiger charge is -2.13. The lowest BCUT2D eigenvalue weighted by atomic mass is 9.99. The molecule has 0 saturated carbocycles. The predicted molar refractivity (Wildman–Crippen MR) is 61.8 cm³/mol. The highest BCUT2D eigenvalue weighted by molar-refractivity contribution is 5.98. The Morgan fingerprint density at radius 2 is 2.07 bits per heavy atom. The molecule has 1 nitrogen and oxygen atoms in total. The van der Waals surface area contributed by atoms with Gasteiger partial charge in [-0.05, 0) is 18.6 Å². The number of rotatable bonds is 2. The van der Waals surface area contributed by atoms with Crippen LogP contribution in [-0.2, 0) is 4.43 Å². The van der Waals surface area contributed by atoms with E-state index < -0.39 is 0 Å². The molecule has 14 heavy (non-hydrogen) atoms. The summed E-state index contributed by atoms with van der Waals surface area (Å²) in [6.45, 7) is 1.98. The van der Waals surface area contributed by atoms with Crippen molar-refractivity contribution >= 4 is 10.5 Å². The summed E-state index contributed by atoms with van der Waals surface area (Å²) in [6, 6.07) is 5.71. The van der Waals surface area contributed by atoms with Gasteiger partial charge in [0.2, 0.25) is 0 Å². The first-order valence-corrected chi connectivity index (χ1v) is 5.15. The highest BCUT2D eigenvalue weighted by Gasteiger charge is 2.10. The van der Waals surface area contributed by atoms with Gasteiger partial charge in [0.1, 0.15) is 10.5 Å². The van der Waals surface area contributed by atoms with Crippen LogP contribution in [0.4, 0.5) is 0 Å². The first kappa shape index (κ1) is 10.6. The zero-order valence-corrected chi connectivity index (χ0v) is 10.4. The molecule has 0 aliphatic heterocycles. The Hall–Kier alpha value is -1.48.